The first-order valence-corrected chi connectivity index (χ1v) is 21.4. The van der Waals surface area contributed by atoms with Gasteiger partial charge in [-0.3, -0.25) is 23.4 Å². The van der Waals surface area contributed by atoms with Crippen molar-refractivity contribution in [2.75, 3.05) is 26.0 Å². The van der Waals surface area contributed by atoms with Crippen LogP contribution in [0.3, 0.4) is 0 Å². The maximum Gasteiger partial charge on any atom is 0.435 e. The van der Waals surface area contributed by atoms with Crippen LogP contribution in [0.5, 0.6) is 0 Å². The molecule has 2 rings (SSSR count). The summed E-state index contributed by atoms with van der Waals surface area (Å²) < 4.78 is 47.5. The number of nitrogens with one attached hydrogen (secondary N) is 1. The van der Waals surface area contributed by atoms with E-state index in [4.69, 9.17) is 24.6 Å². The number of hydrogen-bond acceptors (Lipinski definition) is 10. The fourth-order valence-corrected chi connectivity index (χ4v) is 7.79. The lowest BCUT2D eigenvalue weighted by atomic mass is 10.0. The normalized spacial score (nSPS) is 20.4. The molecule has 1 aliphatic rings. The smallest absolute Gasteiger partial charge is 0.435 e. The number of azide groups is 1. The highest BCUT2D eigenvalue weighted by Crippen LogP contribution is 2.49. The maximum absolute atomic E-state index is 13.2. The third kappa shape index (κ3) is 17.8. The van der Waals surface area contributed by atoms with Gasteiger partial charge in [-0.25, -0.2) is 14.2 Å². The van der Waals surface area contributed by atoms with Gasteiger partial charge in [0.25, 0.3) is 5.56 Å². The second kappa shape index (κ2) is 24.1. The van der Waals surface area contributed by atoms with Gasteiger partial charge in [-0.2, -0.15) is 0 Å². The van der Waals surface area contributed by atoms with Gasteiger partial charge in [-0.05, 0) is 18.9 Å². The topological polar surface area (TPSA) is 252 Å². The standard InChI is InChI=1S/C32H57N5O12P2/c1-3-4-5-6-7-8-9-10-11-12-13-14-15-16-17-18-19-46-22-26(23-47-51(44,45)32(40)41)49-50(42,43)24-28-27(35-36-33)20-29(48-28)37-21-25(2)30(38)34-31(37)39/h21,26-29H,3-20,22-24H2,1-2H3,(H,40,41)(H,42,43)(H,44,45)(H,34,38,39)/t26?,27-,28+,29+/m0/s1. The lowest BCUT2D eigenvalue weighted by Gasteiger charge is -2.24. The van der Waals surface area contributed by atoms with Crippen LogP contribution in [-0.2, 0) is 27.7 Å². The number of unbranched alkanes of at least 4 members (excludes halogenated alkanes) is 15. The van der Waals surface area contributed by atoms with Gasteiger partial charge in [0.05, 0.1) is 31.5 Å². The Hall–Kier alpha value is -2.32. The van der Waals surface area contributed by atoms with Crippen LogP contribution in [0.2, 0.25) is 0 Å². The molecule has 0 spiro atoms. The van der Waals surface area contributed by atoms with E-state index in [1.165, 1.54) is 90.2 Å². The Morgan fingerprint density at radius 2 is 1.55 bits per heavy atom. The van der Waals surface area contributed by atoms with Gasteiger partial charge in [0.2, 0.25) is 0 Å². The van der Waals surface area contributed by atoms with E-state index in [-0.39, 0.29) is 25.2 Å². The Balaban J connectivity index is 1.80. The second-order valence-corrected chi connectivity index (χ2v) is 16.7. The number of carboxylic acid groups (broad SMARTS) is 1. The lowest BCUT2D eigenvalue weighted by molar-refractivity contribution is -0.00186. The predicted molar refractivity (Wildman–Crippen MR) is 191 cm³/mol. The highest BCUT2D eigenvalue weighted by atomic mass is 31.2. The summed E-state index contributed by atoms with van der Waals surface area (Å²) in [5, 5.41) is 12.6. The molecule has 6 atom stereocenters. The van der Waals surface area contributed by atoms with Crippen LogP contribution in [0.15, 0.2) is 20.9 Å². The number of aromatic nitrogens is 2. The highest BCUT2D eigenvalue weighted by Gasteiger charge is 2.42. The Morgan fingerprint density at radius 1 is 1.00 bits per heavy atom. The molecule has 1 aromatic heterocycles. The van der Waals surface area contributed by atoms with Crippen molar-refractivity contribution in [3.8, 4) is 0 Å². The van der Waals surface area contributed by atoms with Crippen LogP contribution in [0.4, 0.5) is 4.79 Å². The number of H-pyrrole nitrogens is 1. The van der Waals surface area contributed by atoms with E-state index in [2.05, 4.69) is 26.5 Å². The van der Waals surface area contributed by atoms with Gasteiger partial charge < -0.3 is 28.9 Å². The molecule has 1 saturated heterocycles. The number of aryl methyl sites for hydroxylation is 1. The molecule has 0 bridgehead atoms. The van der Waals surface area contributed by atoms with Gasteiger partial charge in [0.15, 0.2) is 0 Å². The molecule has 51 heavy (non-hydrogen) atoms. The molecule has 2 heterocycles. The molecule has 4 N–H and O–H groups in total. The number of rotatable bonds is 29. The molecule has 0 amide bonds. The minimum Gasteiger partial charge on any atom is -0.472 e. The first-order valence-electron chi connectivity index (χ1n) is 18.1. The fourth-order valence-electron chi connectivity index (χ4n) is 5.86. The summed E-state index contributed by atoms with van der Waals surface area (Å²) in [6.45, 7) is 2.79. The summed E-state index contributed by atoms with van der Waals surface area (Å²) >= 11 is 0. The fraction of sp³-hybridized carbons (Fsp3) is 0.844. The van der Waals surface area contributed by atoms with Crippen molar-refractivity contribution in [1.82, 2.24) is 9.55 Å². The van der Waals surface area contributed by atoms with E-state index in [9.17, 15) is 33.3 Å². The van der Waals surface area contributed by atoms with Crippen LogP contribution in [0.25, 0.3) is 10.4 Å². The Kier molecular flexibility index (Phi) is 21.2. The summed E-state index contributed by atoms with van der Waals surface area (Å²) in [6.07, 6.45) is 16.2. The van der Waals surface area contributed by atoms with Crippen molar-refractivity contribution < 1.29 is 47.3 Å². The van der Waals surface area contributed by atoms with Crippen LogP contribution in [0.1, 0.15) is 128 Å². The summed E-state index contributed by atoms with van der Waals surface area (Å²) in [4.78, 5) is 60.4. The van der Waals surface area contributed by atoms with Crippen molar-refractivity contribution in [3.05, 3.63) is 43.0 Å². The van der Waals surface area contributed by atoms with E-state index in [0.29, 0.717) is 6.42 Å². The van der Waals surface area contributed by atoms with Crippen molar-refractivity contribution >= 4 is 20.9 Å². The molecular formula is C32H57N5O12P2. The molecule has 1 fully saturated rings. The minimum absolute atomic E-state index is 0.0542. The van der Waals surface area contributed by atoms with Crippen molar-refractivity contribution in [2.45, 2.75) is 147 Å². The quantitative estimate of drug-likeness (QED) is 0.0203. The third-order valence-electron chi connectivity index (χ3n) is 8.71. The molecule has 0 aromatic carbocycles. The van der Waals surface area contributed by atoms with Gasteiger partial charge in [0, 0.05) is 29.7 Å². The molecule has 19 heteroatoms. The van der Waals surface area contributed by atoms with E-state index in [1.54, 1.807) is 0 Å². The number of nitrogens with zero attached hydrogens (tertiary/aromatic N) is 4. The molecule has 292 valence electrons. The average Bonchev–Trinajstić information content (AvgIpc) is 3.45. The molecular weight excluding hydrogens is 708 g/mol. The van der Waals surface area contributed by atoms with E-state index < -0.39 is 69.4 Å². The molecule has 17 nitrogen and oxygen atoms in total. The molecule has 1 aromatic rings. The molecule has 0 aliphatic carbocycles. The molecule has 1 aliphatic heterocycles. The first kappa shape index (κ1) is 44.8. The summed E-state index contributed by atoms with van der Waals surface area (Å²) in [5.74, 6) is 0. The van der Waals surface area contributed by atoms with E-state index >= 15 is 0 Å². The predicted octanol–water partition coefficient (Wildman–Crippen LogP) is 7.54. The van der Waals surface area contributed by atoms with Crippen LogP contribution < -0.4 is 11.2 Å². The van der Waals surface area contributed by atoms with E-state index in [0.717, 1.165) is 23.8 Å². The second-order valence-electron chi connectivity index (χ2n) is 13.1. The SMILES string of the molecule is CCCCCCCCCCCCCCCCCCOCC(COP(=O)(O)C(=O)O)OP(=O)(O)C[C@H]1O[C@@H](n2cc(C)c(=O)[nH]c2=O)C[C@@H]1N=[N+]=[N-]. The zero-order valence-electron chi connectivity index (χ0n) is 29.9. The third-order valence-corrected chi connectivity index (χ3v) is 11.1. The summed E-state index contributed by atoms with van der Waals surface area (Å²) in [5.41, 5.74) is 5.78. The number of hydrogen-bond donors (Lipinski definition) is 4. The van der Waals surface area contributed by atoms with Gasteiger partial charge in [-0.15, -0.1) is 0 Å². The summed E-state index contributed by atoms with van der Waals surface area (Å²) in [6, 6.07) is -0.992. The van der Waals surface area contributed by atoms with Gasteiger partial charge >= 0.3 is 26.6 Å². The van der Waals surface area contributed by atoms with Crippen LogP contribution in [0, 0.1) is 6.92 Å². The maximum atomic E-state index is 13.2. The van der Waals surface area contributed by atoms with Crippen molar-refractivity contribution in [1.29, 1.82) is 0 Å². The lowest BCUT2D eigenvalue weighted by Crippen LogP contribution is -2.33. The van der Waals surface area contributed by atoms with E-state index in [1.807, 2.05) is 0 Å². The molecule has 0 radical (unpaired) electrons. The van der Waals surface area contributed by atoms with Crippen molar-refractivity contribution in [2.24, 2.45) is 5.11 Å². The number of carbonyl (C=O) groups is 1. The number of aromatic amines is 1. The molecule has 3 unspecified atom stereocenters. The van der Waals surface area contributed by atoms with Gasteiger partial charge in [-0.1, -0.05) is 108 Å². The number of ether oxygens (including phenoxy) is 2. The first-order chi connectivity index (χ1) is 24.3. The van der Waals surface area contributed by atoms with Crippen molar-refractivity contribution in [3.63, 3.8) is 0 Å². The Morgan fingerprint density at radius 3 is 2.08 bits per heavy atom. The van der Waals surface area contributed by atoms with Crippen LogP contribution in [-0.4, -0.2) is 74.4 Å². The summed E-state index contributed by atoms with van der Waals surface area (Å²) in [7, 11) is -9.73. The monoisotopic (exact) mass is 765 g/mol. The Bertz CT molecular complexity index is 1450. The highest BCUT2D eigenvalue weighted by molar-refractivity contribution is 7.70. The van der Waals surface area contributed by atoms with Gasteiger partial charge in [0.1, 0.15) is 12.3 Å². The average molecular weight is 766 g/mol. The zero-order valence-corrected chi connectivity index (χ0v) is 31.7. The molecule has 0 saturated carbocycles. The van der Waals surface area contributed by atoms with Crippen LogP contribution >= 0.6 is 15.2 Å². The zero-order chi connectivity index (χ0) is 37.7. The Labute approximate surface area is 299 Å². The minimum atomic E-state index is -5.09. The largest absolute Gasteiger partial charge is 0.472 e.